The van der Waals surface area contributed by atoms with E-state index in [1.165, 1.54) is 10.5 Å². The Kier molecular flexibility index (Phi) is 4.88. The van der Waals surface area contributed by atoms with Crippen molar-refractivity contribution in [2.45, 2.75) is 43.2 Å². The SMILES string of the molecule is CCC(c1ccc(SC)cc1)N1CCCC1C(=O)O. The number of rotatable bonds is 5. The van der Waals surface area contributed by atoms with E-state index in [0.29, 0.717) is 0 Å². The van der Waals surface area contributed by atoms with Crippen LogP contribution in [0.3, 0.4) is 0 Å². The smallest absolute Gasteiger partial charge is 0.320 e. The molecule has 19 heavy (non-hydrogen) atoms. The fourth-order valence-corrected chi connectivity index (χ4v) is 3.32. The number of carboxylic acid groups (broad SMARTS) is 1. The summed E-state index contributed by atoms with van der Waals surface area (Å²) in [5.41, 5.74) is 1.23. The van der Waals surface area contributed by atoms with E-state index < -0.39 is 5.97 Å². The molecule has 1 saturated heterocycles. The van der Waals surface area contributed by atoms with E-state index in [4.69, 9.17) is 0 Å². The molecule has 1 aromatic carbocycles. The van der Waals surface area contributed by atoms with Crippen LogP contribution < -0.4 is 0 Å². The van der Waals surface area contributed by atoms with Gasteiger partial charge in [0.05, 0.1) is 0 Å². The molecule has 1 aliphatic heterocycles. The third kappa shape index (κ3) is 3.12. The largest absolute Gasteiger partial charge is 0.480 e. The van der Waals surface area contributed by atoms with Gasteiger partial charge in [-0.3, -0.25) is 9.69 Å². The number of benzene rings is 1. The van der Waals surface area contributed by atoms with Crippen LogP contribution >= 0.6 is 11.8 Å². The molecule has 1 aromatic rings. The maximum absolute atomic E-state index is 11.3. The predicted molar refractivity (Wildman–Crippen MR) is 78.6 cm³/mol. The minimum atomic E-state index is -0.684. The summed E-state index contributed by atoms with van der Waals surface area (Å²) >= 11 is 1.73. The van der Waals surface area contributed by atoms with Crippen LogP contribution in [0.5, 0.6) is 0 Å². The van der Waals surface area contributed by atoms with E-state index in [1.54, 1.807) is 11.8 Å². The normalized spacial score (nSPS) is 21.5. The van der Waals surface area contributed by atoms with Gasteiger partial charge in [0.25, 0.3) is 0 Å². The van der Waals surface area contributed by atoms with Crippen LogP contribution in [0.25, 0.3) is 0 Å². The summed E-state index contributed by atoms with van der Waals surface area (Å²) in [6.45, 7) is 3.02. The molecule has 2 unspecified atom stereocenters. The molecular weight excluding hydrogens is 258 g/mol. The molecule has 1 heterocycles. The van der Waals surface area contributed by atoms with Crippen LogP contribution in [0.15, 0.2) is 29.2 Å². The number of nitrogens with zero attached hydrogens (tertiary/aromatic N) is 1. The number of thioether (sulfide) groups is 1. The number of carboxylic acids is 1. The summed E-state index contributed by atoms with van der Waals surface area (Å²) in [7, 11) is 0. The van der Waals surface area contributed by atoms with Gasteiger partial charge in [0, 0.05) is 10.9 Å². The van der Waals surface area contributed by atoms with Crippen LogP contribution in [0.1, 0.15) is 37.8 Å². The minimum Gasteiger partial charge on any atom is -0.480 e. The standard InChI is InChI=1S/C15H21NO2S/c1-3-13(11-6-8-12(19-2)9-7-11)16-10-4-5-14(16)15(17)18/h6-9,13-14H,3-5,10H2,1-2H3,(H,17,18). The fraction of sp³-hybridized carbons (Fsp3) is 0.533. The molecule has 1 aliphatic rings. The first-order valence-corrected chi connectivity index (χ1v) is 8.02. The number of carbonyl (C=O) groups is 1. The Bertz CT molecular complexity index is 432. The van der Waals surface area contributed by atoms with E-state index in [0.717, 1.165) is 25.8 Å². The van der Waals surface area contributed by atoms with E-state index in [9.17, 15) is 9.90 Å². The Morgan fingerprint density at radius 2 is 2.16 bits per heavy atom. The zero-order valence-corrected chi connectivity index (χ0v) is 12.3. The van der Waals surface area contributed by atoms with Gasteiger partial charge in [-0.2, -0.15) is 0 Å². The van der Waals surface area contributed by atoms with Crippen molar-refractivity contribution in [3.63, 3.8) is 0 Å². The molecule has 2 rings (SSSR count). The highest BCUT2D eigenvalue weighted by Crippen LogP contribution is 2.32. The Labute approximate surface area is 119 Å². The van der Waals surface area contributed by atoms with Crippen molar-refractivity contribution in [1.29, 1.82) is 0 Å². The highest BCUT2D eigenvalue weighted by molar-refractivity contribution is 7.98. The van der Waals surface area contributed by atoms with Gasteiger partial charge in [-0.15, -0.1) is 11.8 Å². The molecule has 0 saturated carbocycles. The number of aliphatic carboxylic acids is 1. The summed E-state index contributed by atoms with van der Waals surface area (Å²) in [4.78, 5) is 14.7. The van der Waals surface area contributed by atoms with Crippen molar-refractivity contribution < 1.29 is 9.90 Å². The molecule has 1 N–H and O–H groups in total. The predicted octanol–water partition coefficient (Wildman–Crippen LogP) is 3.41. The number of likely N-dealkylation sites (tertiary alicyclic amines) is 1. The molecule has 0 aliphatic carbocycles. The highest BCUT2D eigenvalue weighted by atomic mass is 32.2. The van der Waals surface area contributed by atoms with Gasteiger partial charge in [-0.05, 0) is 49.8 Å². The average molecular weight is 279 g/mol. The van der Waals surface area contributed by atoms with Crippen molar-refractivity contribution >= 4 is 17.7 Å². The summed E-state index contributed by atoms with van der Waals surface area (Å²) in [5.74, 6) is -0.684. The van der Waals surface area contributed by atoms with Crippen LogP contribution in [0.2, 0.25) is 0 Å². The third-order valence-corrected chi connectivity index (χ3v) is 4.61. The second kappa shape index (κ2) is 6.44. The van der Waals surface area contributed by atoms with Crippen LogP contribution in [0.4, 0.5) is 0 Å². The fourth-order valence-electron chi connectivity index (χ4n) is 2.91. The first-order valence-electron chi connectivity index (χ1n) is 6.80. The van der Waals surface area contributed by atoms with E-state index in [-0.39, 0.29) is 12.1 Å². The van der Waals surface area contributed by atoms with E-state index in [2.05, 4.69) is 42.3 Å². The number of hydrogen-bond donors (Lipinski definition) is 1. The third-order valence-electron chi connectivity index (χ3n) is 3.87. The van der Waals surface area contributed by atoms with Gasteiger partial charge in [-0.25, -0.2) is 0 Å². The van der Waals surface area contributed by atoms with Crippen molar-refractivity contribution in [3.05, 3.63) is 29.8 Å². The van der Waals surface area contributed by atoms with Gasteiger partial charge in [0.15, 0.2) is 0 Å². The van der Waals surface area contributed by atoms with Gasteiger partial charge in [0.1, 0.15) is 6.04 Å². The monoisotopic (exact) mass is 279 g/mol. The van der Waals surface area contributed by atoms with E-state index >= 15 is 0 Å². The van der Waals surface area contributed by atoms with Gasteiger partial charge < -0.3 is 5.11 Å². The summed E-state index contributed by atoms with van der Waals surface area (Å²) in [5, 5.41) is 9.31. The summed E-state index contributed by atoms with van der Waals surface area (Å²) in [6.07, 6.45) is 4.76. The lowest BCUT2D eigenvalue weighted by Gasteiger charge is -2.30. The number of hydrogen-bond acceptors (Lipinski definition) is 3. The van der Waals surface area contributed by atoms with Crippen LogP contribution in [-0.4, -0.2) is 34.8 Å². The Morgan fingerprint density at radius 1 is 1.47 bits per heavy atom. The molecule has 2 atom stereocenters. The minimum absolute atomic E-state index is 0.222. The maximum Gasteiger partial charge on any atom is 0.320 e. The lowest BCUT2D eigenvalue weighted by molar-refractivity contribution is -0.143. The topological polar surface area (TPSA) is 40.5 Å². The Hall–Kier alpha value is -1.00. The molecular formula is C15H21NO2S. The lowest BCUT2D eigenvalue weighted by Crippen LogP contribution is -2.38. The lowest BCUT2D eigenvalue weighted by atomic mass is 10.0. The second-order valence-electron chi connectivity index (χ2n) is 4.93. The van der Waals surface area contributed by atoms with E-state index in [1.807, 2.05) is 0 Å². The molecule has 0 bridgehead atoms. The highest BCUT2D eigenvalue weighted by Gasteiger charge is 2.35. The van der Waals surface area contributed by atoms with Crippen LogP contribution in [0, 0.1) is 0 Å². The van der Waals surface area contributed by atoms with Gasteiger partial charge in [-0.1, -0.05) is 19.1 Å². The van der Waals surface area contributed by atoms with Crippen molar-refractivity contribution in [2.24, 2.45) is 0 Å². The summed E-state index contributed by atoms with van der Waals surface area (Å²) < 4.78 is 0. The van der Waals surface area contributed by atoms with Crippen molar-refractivity contribution in [3.8, 4) is 0 Å². The van der Waals surface area contributed by atoms with Crippen molar-refractivity contribution in [2.75, 3.05) is 12.8 Å². The first kappa shape index (κ1) is 14.4. The average Bonchev–Trinajstić information content (AvgIpc) is 2.90. The first-order chi connectivity index (χ1) is 9.17. The molecule has 4 heteroatoms. The zero-order valence-electron chi connectivity index (χ0n) is 11.5. The van der Waals surface area contributed by atoms with Gasteiger partial charge >= 0.3 is 5.97 Å². The molecule has 104 valence electrons. The molecule has 0 spiro atoms. The summed E-state index contributed by atoms with van der Waals surface area (Å²) in [6, 6.07) is 8.42. The van der Waals surface area contributed by atoms with Gasteiger partial charge in [0.2, 0.25) is 0 Å². The van der Waals surface area contributed by atoms with Crippen molar-refractivity contribution in [1.82, 2.24) is 4.90 Å². The molecule has 1 fully saturated rings. The van der Waals surface area contributed by atoms with Crippen LogP contribution in [-0.2, 0) is 4.79 Å². The zero-order chi connectivity index (χ0) is 13.8. The quantitative estimate of drug-likeness (QED) is 0.839. The molecule has 3 nitrogen and oxygen atoms in total. The Morgan fingerprint density at radius 3 is 2.68 bits per heavy atom. The molecule has 0 amide bonds. The molecule has 0 aromatic heterocycles. The maximum atomic E-state index is 11.3. The Balaban J connectivity index is 2.20. The molecule has 0 radical (unpaired) electrons. The second-order valence-corrected chi connectivity index (χ2v) is 5.81.